The van der Waals surface area contributed by atoms with Crippen LogP contribution in [0.2, 0.25) is 5.02 Å². The Morgan fingerprint density at radius 3 is 2.17 bits per heavy atom. The van der Waals surface area contributed by atoms with Gasteiger partial charge in [0, 0.05) is 18.0 Å². The van der Waals surface area contributed by atoms with Gasteiger partial charge in [0.05, 0.1) is 26.9 Å². The van der Waals surface area contributed by atoms with Gasteiger partial charge in [-0.1, -0.05) is 18.5 Å². The van der Waals surface area contributed by atoms with E-state index in [1.54, 1.807) is 31.2 Å². The zero-order chi connectivity index (χ0) is 21.4. The van der Waals surface area contributed by atoms with E-state index < -0.39 is 0 Å². The van der Waals surface area contributed by atoms with E-state index in [0.29, 0.717) is 40.0 Å². The summed E-state index contributed by atoms with van der Waals surface area (Å²) in [5.74, 6) is 1.34. The highest BCUT2D eigenvalue weighted by Crippen LogP contribution is 2.38. The fourth-order valence-corrected chi connectivity index (χ4v) is 2.84. The Bertz CT molecular complexity index is 858. The number of ketones is 1. The lowest BCUT2D eigenvalue weighted by atomic mass is 10.1. The van der Waals surface area contributed by atoms with Crippen LogP contribution in [-0.2, 0) is 11.3 Å². The predicted molar refractivity (Wildman–Crippen MR) is 110 cm³/mol. The van der Waals surface area contributed by atoms with Crippen molar-refractivity contribution in [1.29, 1.82) is 0 Å². The van der Waals surface area contributed by atoms with E-state index in [2.05, 4.69) is 5.32 Å². The third-order valence-electron chi connectivity index (χ3n) is 4.14. The molecule has 1 amide bonds. The largest absolute Gasteiger partial charge is 0.493 e. The van der Waals surface area contributed by atoms with E-state index in [9.17, 15) is 9.59 Å². The Morgan fingerprint density at radius 1 is 0.966 bits per heavy atom. The molecule has 0 spiro atoms. The van der Waals surface area contributed by atoms with Crippen molar-refractivity contribution in [2.24, 2.45) is 0 Å². The van der Waals surface area contributed by atoms with Crippen LogP contribution in [0.15, 0.2) is 30.3 Å². The highest BCUT2D eigenvalue weighted by atomic mass is 35.5. The molecule has 0 aliphatic carbocycles. The van der Waals surface area contributed by atoms with Gasteiger partial charge in [-0.3, -0.25) is 9.59 Å². The van der Waals surface area contributed by atoms with Gasteiger partial charge in [0.1, 0.15) is 5.75 Å². The third kappa shape index (κ3) is 5.77. The zero-order valence-electron chi connectivity index (χ0n) is 16.8. The predicted octanol–water partition coefficient (Wildman–Crippen LogP) is 3.65. The van der Waals surface area contributed by atoms with Crippen LogP contribution in [0, 0.1) is 0 Å². The van der Waals surface area contributed by atoms with E-state index in [4.69, 9.17) is 30.5 Å². The van der Waals surface area contributed by atoms with Gasteiger partial charge in [0.2, 0.25) is 5.75 Å². The Labute approximate surface area is 174 Å². The number of amides is 1. The zero-order valence-corrected chi connectivity index (χ0v) is 17.6. The van der Waals surface area contributed by atoms with Crippen molar-refractivity contribution in [3.63, 3.8) is 0 Å². The minimum absolute atomic E-state index is 0.111. The number of Topliss-reactive ketones (excluding diaryl/α,β-unsaturated/α-hetero) is 1. The number of halogens is 1. The topological polar surface area (TPSA) is 83.1 Å². The maximum Gasteiger partial charge on any atom is 0.258 e. The van der Waals surface area contributed by atoms with E-state index in [1.165, 1.54) is 27.4 Å². The van der Waals surface area contributed by atoms with Crippen LogP contribution in [0.5, 0.6) is 23.0 Å². The Balaban J connectivity index is 2.02. The lowest BCUT2D eigenvalue weighted by Gasteiger charge is -2.15. The SMILES string of the molecule is CCC(=O)c1cc(Cl)ccc1OCC(=O)NCc1cc(OC)c(OC)c(OC)c1. The summed E-state index contributed by atoms with van der Waals surface area (Å²) in [6.45, 7) is 1.74. The number of hydrogen-bond donors (Lipinski definition) is 1. The monoisotopic (exact) mass is 421 g/mol. The van der Waals surface area contributed by atoms with Crippen molar-refractivity contribution in [2.45, 2.75) is 19.9 Å². The summed E-state index contributed by atoms with van der Waals surface area (Å²) in [4.78, 5) is 24.2. The Hall–Kier alpha value is -2.93. The van der Waals surface area contributed by atoms with Gasteiger partial charge in [-0.2, -0.15) is 0 Å². The normalized spacial score (nSPS) is 10.2. The molecule has 156 valence electrons. The number of nitrogens with one attached hydrogen (secondary N) is 1. The number of rotatable bonds is 10. The van der Waals surface area contributed by atoms with Gasteiger partial charge < -0.3 is 24.3 Å². The van der Waals surface area contributed by atoms with Crippen LogP contribution < -0.4 is 24.3 Å². The lowest BCUT2D eigenvalue weighted by Crippen LogP contribution is -2.28. The van der Waals surface area contributed by atoms with Gasteiger partial charge >= 0.3 is 0 Å². The molecule has 0 radical (unpaired) electrons. The molecule has 1 N–H and O–H groups in total. The second-order valence-electron chi connectivity index (χ2n) is 6.02. The molecule has 0 aliphatic heterocycles. The van der Waals surface area contributed by atoms with Crippen molar-refractivity contribution in [1.82, 2.24) is 5.32 Å². The molecule has 0 bridgehead atoms. The summed E-state index contributed by atoms with van der Waals surface area (Å²) in [6.07, 6.45) is 0.310. The van der Waals surface area contributed by atoms with Crippen molar-refractivity contribution in [2.75, 3.05) is 27.9 Å². The Morgan fingerprint density at radius 2 is 1.62 bits per heavy atom. The quantitative estimate of drug-likeness (QED) is 0.589. The average Bonchev–Trinajstić information content (AvgIpc) is 2.75. The number of carbonyl (C=O) groups excluding carboxylic acids is 2. The van der Waals surface area contributed by atoms with E-state index in [0.717, 1.165) is 5.56 Å². The van der Waals surface area contributed by atoms with Crippen molar-refractivity contribution in [3.8, 4) is 23.0 Å². The van der Waals surface area contributed by atoms with Crippen LogP contribution >= 0.6 is 11.6 Å². The van der Waals surface area contributed by atoms with E-state index in [1.807, 2.05) is 0 Å². The summed E-state index contributed by atoms with van der Waals surface area (Å²) >= 11 is 5.95. The molecular formula is C21H24ClNO6. The van der Waals surface area contributed by atoms with Crippen LogP contribution in [0.25, 0.3) is 0 Å². The first-order valence-electron chi connectivity index (χ1n) is 8.94. The molecule has 7 nitrogen and oxygen atoms in total. The van der Waals surface area contributed by atoms with Crippen LogP contribution in [0.3, 0.4) is 0 Å². The smallest absolute Gasteiger partial charge is 0.258 e. The minimum Gasteiger partial charge on any atom is -0.493 e. The highest BCUT2D eigenvalue weighted by Gasteiger charge is 2.15. The number of ether oxygens (including phenoxy) is 4. The number of methoxy groups -OCH3 is 3. The number of hydrogen-bond acceptors (Lipinski definition) is 6. The minimum atomic E-state index is -0.344. The molecule has 0 atom stereocenters. The molecule has 0 saturated carbocycles. The summed E-state index contributed by atoms with van der Waals surface area (Å²) in [5, 5.41) is 3.19. The number of benzene rings is 2. The second-order valence-corrected chi connectivity index (χ2v) is 6.45. The van der Waals surface area contributed by atoms with Gasteiger partial charge in [0.25, 0.3) is 5.91 Å². The van der Waals surface area contributed by atoms with Crippen molar-refractivity contribution in [3.05, 3.63) is 46.5 Å². The first-order chi connectivity index (χ1) is 13.9. The van der Waals surface area contributed by atoms with Crippen molar-refractivity contribution >= 4 is 23.3 Å². The molecule has 0 aromatic heterocycles. The Kier molecular flexibility index (Phi) is 8.15. The molecule has 29 heavy (non-hydrogen) atoms. The molecule has 0 heterocycles. The van der Waals surface area contributed by atoms with Crippen LogP contribution in [0.4, 0.5) is 0 Å². The summed E-state index contributed by atoms with van der Waals surface area (Å²) in [5.41, 5.74) is 1.12. The van der Waals surface area contributed by atoms with Gasteiger partial charge in [0.15, 0.2) is 23.9 Å². The molecular weight excluding hydrogens is 398 g/mol. The molecule has 0 saturated heterocycles. The van der Waals surface area contributed by atoms with Gasteiger partial charge in [-0.25, -0.2) is 0 Å². The summed E-state index contributed by atoms with van der Waals surface area (Å²) in [7, 11) is 4.57. The summed E-state index contributed by atoms with van der Waals surface area (Å²) in [6, 6.07) is 8.23. The highest BCUT2D eigenvalue weighted by molar-refractivity contribution is 6.31. The standard InChI is InChI=1S/C21H24ClNO6/c1-5-16(24)15-10-14(22)6-7-17(15)29-12-20(25)23-11-13-8-18(26-2)21(28-4)19(9-13)27-3/h6-10H,5,11-12H2,1-4H3,(H,23,25). The molecule has 0 unspecified atom stereocenters. The van der Waals surface area contributed by atoms with E-state index >= 15 is 0 Å². The first kappa shape index (κ1) is 22.4. The number of carbonyl (C=O) groups is 2. The third-order valence-corrected chi connectivity index (χ3v) is 4.37. The van der Waals surface area contributed by atoms with Crippen molar-refractivity contribution < 1.29 is 28.5 Å². The molecule has 2 aromatic carbocycles. The molecule has 2 aromatic rings. The molecule has 0 aliphatic rings. The fraction of sp³-hybridized carbons (Fsp3) is 0.333. The van der Waals surface area contributed by atoms with Crippen LogP contribution in [0.1, 0.15) is 29.3 Å². The second kappa shape index (κ2) is 10.6. The van der Waals surface area contributed by atoms with Gasteiger partial charge in [-0.05, 0) is 35.9 Å². The molecule has 8 heteroatoms. The molecule has 0 fully saturated rings. The average molecular weight is 422 g/mol. The summed E-state index contributed by atoms with van der Waals surface area (Å²) < 4.78 is 21.4. The van der Waals surface area contributed by atoms with E-state index in [-0.39, 0.29) is 24.8 Å². The lowest BCUT2D eigenvalue weighted by molar-refractivity contribution is -0.123. The fourth-order valence-electron chi connectivity index (χ4n) is 2.67. The van der Waals surface area contributed by atoms with Crippen LogP contribution in [-0.4, -0.2) is 39.6 Å². The maximum absolute atomic E-state index is 12.2. The molecule has 2 rings (SSSR count). The first-order valence-corrected chi connectivity index (χ1v) is 9.32. The van der Waals surface area contributed by atoms with Gasteiger partial charge in [-0.15, -0.1) is 0 Å². The maximum atomic E-state index is 12.2.